The molecule has 2 aromatic rings. The number of hydrogen-bond acceptors (Lipinski definition) is 4. The molecule has 1 unspecified atom stereocenters. The molecule has 0 saturated carbocycles. The molecule has 0 aromatic carbocycles. The van der Waals surface area contributed by atoms with Crippen LogP contribution in [0, 0.1) is 6.92 Å². The maximum atomic E-state index is 5.47. The Kier molecular flexibility index (Phi) is 2.68. The van der Waals surface area contributed by atoms with E-state index in [2.05, 4.69) is 28.4 Å². The van der Waals surface area contributed by atoms with E-state index >= 15 is 0 Å². The summed E-state index contributed by atoms with van der Waals surface area (Å²) in [6.07, 6.45) is 3.84. The topological polar surface area (TPSA) is 51.5 Å². The highest BCUT2D eigenvalue weighted by Gasteiger charge is 2.15. The van der Waals surface area contributed by atoms with Crippen molar-refractivity contribution in [3.05, 3.63) is 24.0 Å². The number of anilines is 1. The Morgan fingerprint density at radius 3 is 3.24 bits per heavy atom. The van der Waals surface area contributed by atoms with Gasteiger partial charge in [0.05, 0.1) is 12.6 Å². The maximum absolute atomic E-state index is 5.47. The lowest BCUT2D eigenvalue weighted by Crippen LogP contribution is -2.30. The fourth-order valence-corrected chi connectivity index (χ4v) is 2.22. The van der Waals surface area contributed by atoms with Gasteiger partial charge in [0.25, 0.3) is 0 Å². The minimum atomic E-state index is 0.373. The molecule has 5 heteroatoms. The smallest absolute Gasteiger partial charge is 0.157 e. The highest BCUT2D eigenvalue weighted by Crippen LogP contribution is 2.17. The average molecular weight is 232 g/mol. The number of fused-ring (bicyclic) bond motifs is 1. The van der Waals surface area contributed by atoms with Crippen molar-refractivity contribution in [2.24, 2.45) is 0 Å². The zero-order valence-corrected chi connectivity index (χ0v) is 9.89. The van der Waals surface area contributed by atoms with Crippen molar-refractivity contribution in [3.63, 3.8) is 0 Å². The van der Waals surface area contributed by atoms with Gasteiger partial charge in [0.2, 0.25) is 0 Å². The zero-order valence-electron chi connectivity index (χ0n) is 9.89. The van der Waals surface area contributed by atoms with Crippen molar-refractivity contribution in [1.82, 2.24) is 14.6 Å². The zero-order chi connectivity index (χ0) is 11.7. The Morgan fingerprint density at radius 2 is 2.41 bits per heavy atom. The molecule has 1 atom stereocenters. The van der Waals surface area contributed by atoms with E-state index in [0.29, 0.717) is 6.04 Å². The summed E-state index contributed by atoms with van der Waals surface area (Å²) in [7, 11) is 0. The summed E-state index contributed by atoms with van der Waals surface area (Å²) in [6, 6.07) is 4.49. The third-order valence-corrected chi connectivity index (χ3v) is 3.04. The number of pyridine rings is 1. The van der Waals surface area contributed by atoms with Crippen LogP contribution in [0.15, 0.2) is 18.5 Å². The molecule has 5 nitrogen and oxygen atoms in total. The van der Waals surface area contributed by atoms with E-state index in [1.807, 2.05) is 10.6 Å². The SMILES string of the molecule is Cc1cc(NC2CCCOC2)n2ncnc2c1. The standard InChI is InChI=1S/C12H16N4O/c1-9-5-11-13-8-14-16(11)12(6-9)15-10-3-2-4-17-7-10/h5-6,8,10,15H,2-4,7H2,1H3. The quantitative estimate of drug-likeness (QED) is 0.855. The molecular weight excluding hydrogens is 216 g/mol. The highest BCUT2D eigenvalue weighted by molar-refractivity contribution is 5.51. The van der Waals surface area contributed by atoms with E-state index in [4.69, 9.17) is 4.74 Å². The van der Waals surface area contributed by atoms with Gasteiger partial charge in [0.15, 0.2) is 5.65 Å². The molecule has 1 N–H and O–H groups in total. The van der Waals surface area contributed by atoms with E-state index < -0.39 is 0 Å². The highest BCUT2D eigenvalue weighted by atomic mass is 16.5. The van der Waals surface area contributed by atoms with Gasteiger partial charge in [-0.3, -0.25) is 0 Å². The largest absolute Gasteiger partial charge is 0.379 e. The molecule has 0 aliphatic carbocycles. The van der Waals surface area contributed by atoms with Crippen molar-refractivity contribution in [2.45, 2.75) is 25.8 Å². The van der Waals surface area contributed by atoms with E-state index in [0.717, 1.165) is 37.5 Å². The first kappa shape index (κ1) is 10.5. The van der Waals surface area contributed by atoms with Gasteiger partial charge in [-0.25, -0.2) is 4.98 Å². The fraction of sp³-hybridized carbons (Fsp3) is 0.500. The Balaban J connectivity index is 1.90. The Labute approximate surface area is 99.8 Å². The summed E-state index contributed by atoms with van der Waals surface area (Å²) < 4.78 is 7.31. The fourth-order valence-electron chi connectivity index (χ4n) is 2.22. The summed E-state index contributed by atoms with van der Waals surface area (Å²) in [5.74, 6) is 0.994. The third-order valence-electron chi connectivity index (χ3n) is 3.04. The second-order valence-electron chi connectivity index (χ2n) is 4.51. The molecule has 0 spiro atoms. The van der Waals surface area contributed by atoms with Crippen LogP contribution < -0.4 is 5.32 Å². The predicted octanol–water partition coefficient (Wildman–Crippen LogP) is 1.63. The van der Waals surface area contributed by atoms with Gasteiger partial charge in [-0.1, -0.05) is 0 Å². The van der Waals surface area contributed by atoms with E-state index in [-0.39, 0.29) is 0 Å². The lowest BCUT2D eigenvalue weighted by molar-refractivity contribution is 0.0874. The maximum Gasteiger partial charge on any atom is 0.157 e. The van der Waals surface area contributed by atoms with E-state index in [1.165, 1.54) is 5.56 Å². The van der Waals surface area contributed by atoms with Crippen LogP contribution in [0.2, 0.25) is 0 Å². The molecule has 0 amide bonds. The van der Waals surface area contributed by atoms with Crippen LogP contribution in [0.4, 0.5) is 5.82 Å². The van der Waals surface area contributed by atoms with Gasteiger partial charge < -0.3 is 10.1 Å². The summed E-state index contributed by atoms with van der Waals surface area (Å²) in [4.78, 5) is 4.21. The number of ether oxygens (including phenoxy) is 1. The van der Waals surface area contributed by atoms with Gasteiger partial charge in [-0.15, -0.1) is 0 Å². The van der Waals surface area contributed by atoms with Crippen LogP contribution in [0.5, 0.6) is 0 Å². The second kappa shape index (κ2) is 4.33. The first-order chi connectivity index (χ1) is 8.33. The van der Waals surface area contributed by atoms with Crippen molar-refractivity contribution >= 4 is 11.5 Å². The van der Waals surface area contributed by atoms with Crippen LogP contribution in [-0.4, -0.2) is 33.9 Å². The summed E-state index contributed by atoms with van der Waals surface area (Å²) in [6.45, 7) is 3.71. The molecule has 90 valence electrons. The Morgan fingerprint density at radius 1 is 1.47 bits per heavy atom. The van der Waals surface area contributed by atoms with Gasteiger partial charge >= 0.3 is 0 Å². The summed E-state index contributed by atoms with van der Waals surface area (Å²) in [5, 5.41) is 7.71. The number of rotatable bonds is 2. The van der Waals surface area contributed by atoms with Gasteiger partial charge in [-0.2, -0.15) is 9.61 Å². The lowest BCUT2D eigenvalue weighted by atomic mass is 10.1. The molecule has 1 saturated heterocycles. The molecule has 17 heavy (non-hydrogen) atoms. The molecule has 3 rings (SSSR count). The number of aryl methyl sites for hydroxylation is 1. The Bertz CT molecular complexity index is 516. The number of aromatic nitrogens is 3. The minimum Gasteiger partial charge on any atom is -0.379 e. The number of nitrogens with one attached hydrogen (secondary N) is 1. The van der Waals surface area contributed by atoms with Crippen molar-refractivity contribution in [1.29, 1.82) is 0 Å². The molecule has 1 aliphatic rings. The lowest BCUT2D eigenvalue weighted by Gasteiger charge is -2.24. The van der Waals surface area contributed by atoms with Gasteiger partial charge in [0.1, 0.15) is 12.1 Å². The number of hydrogen-bond donors (Lipinski definition) is 1. The minimum absolute atomic E-state index is 0.373. The monoisotopic (exact) mass is 232 g/mol. The summed E-state index contributed by atoms with van der Waals surface area (Å²) in [5.41, 5.74) is 2.06. The van der Waals surface area contributed by atoms with Gasteiger partial charge in [0, 0.05) is 6.61 Å². The van der Waals surface area contributed by atoms with Crippen molar-refractivity contribution < 1.29 is 4.74 Å². The average Bonchev–Trinajstić information content (AvgIpc) is 2.78. The van der Waals surface area contributed by atoms with E-state index in [1.54, 1.807) is 6.33 Å². The van der Waals surface area contributed by atoms with Crippen LogP contribution >= 0.6 is 0 Å². The van der Waals surface area contributed by atoms with Crippen LogP contribution in [0.25, 0.3) is 5.65 Å². The third kappa shape index (κ3) is 2.10. The Hall–Kier alpha value is -1.62. The van der Waals surface area contributed by atoms with Crippen molar-refractivity contribution in [2.75, 3.05) is 18.5 Å². The van der Waals surface area contributed by atoms with Gasteiger partial charge in [-0.05, 0) is 37.5 Å². The molecule has 0 bridgehead atoms. The molecule has 1 fully saturated rings. The normalized spacial score (nSPS) is 20.6. The van der Waals surface area contributed by atoms with Crippen LogP contribution in [0.1, 0.15) is 18.4 Å². The molecule has 2 aromatic heterocycles. The molecule has 1 aliphatic heterocycles. The van der Waals surface area contributed by atoms with E-state index in [9.17, 15) is 0 Å². The second-order valence-corrected chi connectivity index (χ2v) is 4.51. The first-order valence-electron chi connectivity index (χ1n) is 5.97. The predicted molar refractivity (Wildman–Crippen MR) is 65.2 cm³/mol. The summed E-state index contributed by atoms with van der Waals surface area (Å²) >= 11 is 0. The number of nitrogens with zero attached hydrogens (tertiary/aromatic N) is 3. The molecule has 3 heterocycles. The van der Waals surface area contributed by atoms with Crippen LogP contribution in [0.3, 0.4) is 0 Å². The van der Waals surface area contributed by atoms with Crippen LogP contribution in [-0.2, 0) is 4.74 Å². The van der Waals surface area contributed by atoms with Crippen molar-refractivity contribution in [3.8, 4) is 0 Å². The molecule has 0 radical (unpaired) electrons. The molecular formula is C12H16N4O. The first-order valence-corrected chi connectivity index (χ1v) is 5.97.